The summed E-state index contributed by atoms with van der Waals surface area (Å²) in [5.41, 5.74) is 0. The first-order valence-electron chi connectivity index (χ1n) is 3.77. The normalized spacial score (nSPS) is 15.2. The number of amides is 1. The predicted molar refractivity (Wildman–Crippen MR) is 55.0 cm³/mol. The molecule has 0 aromatic heterocycles. The van der Waals surface area contributed by atoms with Gasteiger partial charge >= 0.3 is 0 Å². The van der Waals surface area contributed by atoms with Crippen LogP contribution in [0.5, 0.6) is 0 Å². The van der Waals surface area contributed by atoms with E-state index >= 15 is 0 Å². The van der Waals surface area contributed by atoms with Gasteiger partial charge in [-0.3, -0.25) is 9.00 Å². The van der Waals surface area contributed by atoms with E-state index in [2.05, 4.69) is 17.9 Å². The summed E-state index contributed by atoms with van der Waals surface area (Å²) in [6, 6.07) is 0. The number of rotatable bonds is 5. The van der Waals surface area contributed by atoms with E-state index < -0.39 is 10.8 Å². The van der Waals surface area contributed by atoms with Gasteiger partial charge in [0.25, 0.3) is 0 Å². The molecule has 5 heteroatoms. The van der Waals surface area contributed by atoms with Gasteiger partial charge in [-0.05, 0) is 6.42 Å². The minimum atomic E-state index is -0.797. The first-order valence-corrected chi connectivity index (χ1v) is 6.03. The average molecular weight is 209 g/mol. The van der Waals surface area contributed by atoms with Crippen molar-refractivity contribution < 1.29 is 9.00 Å². The fourth-order valence-corrected chi connectivity index (χ4v) is 1.20. The van der Waals surface area contributed by atoms with Crippen molar-refractivity contribution in [2.24, 2.45) is 0 Å². The zero-order chi connectivity index (χ0) is 9.56. The van der Waals surface area contributed by atoms with Crippen LogP contribution in [0.15, 0.2) is 0 Å². The second-order valence-electron chi connectivity index (χ2n) is 2.61. The zero-order valence-electron chi connectivity index (χ0n) is 7.37. The van der Waals surface area contributed by atoms with Gasteiger partial charge in [-0.15, -0.1) is 0 Å². The van der Waals surface area contributed by atoms with Crippen LogP contribution in [0.1, 0.15) is 13.3 Å². The Kier molecular flexibility index (Phi) is 6.47. The van der Waals surface area contributed by atoms with Crippen LogP contribution in [0.4, 0.5) is 0 Å². The molecular formula is C7H15NO2S2. The van der Waals surface area contributed by atoms with E-state index in [1.54, 1.807) is 6.26 Å². The second kappa shape index (κ2) is 6.48. The van der Waals surface area contributed by atoms with Crippen molar-refractivity contribution in [2.75, 3.05) is 18.6 Å². The molecule has 12 heavy (non-hydrogen) atoms. The highest BCUT2D eigenvalue weighted by atomic mass is 32.2. The first-order chi connectivity index (χ1) is 5.57. The van der Waals surface area contributed by atoms with Gasteiger partial charge in [0.15, 0.2) is 0 Å². The fourth-order valence-electron chi connectivity index (χ4n) is 0.637. The van der Waals surface area contributed by atoms with Crippen molar-refractivity contribution >= 4 is 29.3 Å². The molecule has 1 N–H and O–H groups in total. The molecule has 3 nitrogen and oxygen atoms in total. The van der Waals surface area contributed by atoms with Crippen molar-refractivity contribution in [1.82, 2.24) is 5.32 Å². The molecule has 0 rings (SSSR count). The highest BCUT2D eigenvalue weighted by Gasteiger charge is 2.05. The fraction of sp³-hybridized carbons (Fsp3) is 0.857. The highest BCUT2D eigenvalue weighted by Crippen LogP contribution is 1.96. The van der Waals surface area contributed by atoms with Crippen LogP contribution in [-0.2, 0) is 15.6 Å². The Hall–Kier alpha value is -0.0300. The summed E-state index contributed by atoms with van der Waals surface area (Å²) in [6.45, 7) is 2.49. The lowest BCUT2D eigenvalue weighted by atomic mass is 10.3. The summed E-state index contributed by atoms with van der Waals surface area (Å²) in [4.78, 5) is 10.7. The van der Waals surface area contributed by atoms with Crippen molar-refractivity contribution in [3.8, 4) is 0 Å². The van der Waals surface area contributed by atoms with Crippen LogP contribution in [0.2, 0.25) is 0 Å². The smallest absolute Gasteiger partial charge is 0.229 e. The minimum Gasteiger partial charge on any atom is -0.355 e. The van der Waals surface area contributed by atoms with E-state index in [4.69, 9.17) is 0 Å². The predicted octanol–water partition coefficient (Wildman–Crippen LogP) is 0.190. The number of carbonyl (C=O) groups is 1. The van der Waals surface area contributed by atoms with E-state index in [0.717, 1.165) is 6.42 Å². The van der Waals surface area contributed by atoms with Crippen LogP contribution < -0.4 is 5.32 Å². The molecule has 0 saturated carbocycles. The summed E-state index contributed by atoms with van der Waals surface area (Å²) in [6.07, 6.45) is 2.42. The van der Waals surface area contributed by atoms with E-state index in [9.17, 15) is 9.00 Å². The Bertz CT molecular complexity index is 173. The van der Waals surface area contributed by atoms with Crippen LogP contribution in [0, 0.1) is 0 Å². The number of thiol groups is 1. The standard InChI is InChI=1S/C7H15NO2S2/c1-6(12(2)10)3-4-8-7(9)5-11/h6,11H,3-5H2,1-2H3,(H,8,9). The maximum atomic E-state index is 10.9. The second-order valence-corrected chi connectivity index (χ2v) is 4.72. The van der Waals surface area contributed by atoms with Gasteiger partial charge in [0.05, 0.1) is 5.75 Å². The molecule has 0 aliphatic heterocycles. The molecule has 2 atom stereocenters. The molecule has 0 saturated heterocycles. The van der Waals surface area contributed by atoms with Crippen LogP contribution in [0.25, 0.3) is 0 Å². The largest absolute Gasteiger partial charge is 0.355 e. The van der Waals surface area contributed by atoms with Crippen molar-refractivity contribution in [1.29, 1.82) is 0 Å². The Morgan fingerprint density at radius 1 is 1.67 bits per heavy atom. The summed E-state index contributed by atoms with van der Waals surface area (Å²) >= 11 is 3.81. The van der Waals surface area contributed by atoms with E-state index in [-0.39, 0.29) is 16.9 Å². The topological polar surface area (TPSA) is 46.2 Å². The van der Waals surface area contributed by atoms with E-state index in [0.29, 0.717) is 6.54 Å². The third-order valence-electron chi connectivity index (χ3n) is 1.58. The van der Waals surface area contributed by atoms with Gasteiger partial charge in [0.2, 0.25) is 5.91 Å². The number of hydrogen-bond acceptors (Lipinski definition) is 3. The third kappa shape index (κ3) is 5.60. The maximum absolute atomic E-state index is 10.9. The number of carbonyl (C=O) groups excluding carboxylic acids is 1. The SMILES string of the molecule is CC(CCNC(=O)CS)S(C)=O. The third-order valence-corrected chi connectivity index (χ3v) is 3.24. The lowest BCUT2D eigenvalue weighted by molar-refractivity contribution is -0.118. The molecule has 0 heterocycles. The highest BCUT2D eigenvalue weighted by molar-refractivity contribution is 7.84. The summed E-state index contributed by atoms with van der Waals surface area (Å²) in [5, 5.41) is 2.81. The summed E-state index contributed by atoms with van der Waals surface area (Å²) in [5.74, 6) is 0.135. The molecule has 0 bridgehead atoms. The molecular weight excluding hydrogens is 194 g/mol. The molecule has 0 aromatic rings. The Morgan fingerprint density at radius 2 is 2.25 bits per heavy atom. The van der Waals surface area contributed by atoms with Gasteiger partial charge < -0.3 is 5.32 Å². The van der Waals surface area contributed by atoms with Crippen LogP contribution in [0.3, 0.4) is 0 Å². The average Bonchev–Trinajstić information content (AvgIpc) is 2.03. The first kappa shape index (κ1) is 12.0. The van der Waals surface area contributed by atoms with Crippen LogP contribution >= 0.6 is 12.6 Å². The van der Waals surface area contributed by atoms with Crippen molar-refractivity contribution in [3.63, 3.8) is 0 Å². The lowest BCUT2D eigenvalue weighted by Crippen LogP contribution is -2.28. The van der Waals surface area contributed by atoms with Gasteiger partial charge in [-0.2, -0.15) is 12.6 Å². The lowest BCUT2D eigenvalue weighted by Gasteiger charge is -2.07. The molecule has 72 valence electrons. The molecule has 0 fully saturated rings. The Morgan fingerprint density at radius 3 is 2.67 bits per heavy atom. The summed E-state index contributed by atoms with van der Waals surface area (Å²) in [7, 11) is -0.797. The monoisotopic (exact) mass is 209 g/mol. The van der Waals surface area contributed by atoms with E-state index in [1.807, 2.05) is 6.92 Å². The maximum Gasteiger partial charge on any atom is 0.229 e. The van der Waals surface area contributed by atoms with Gasteiger partial charge in [0, 0.05) is 28.9 Å². The van der Waals surface area contributed by atoms with Crippen molar-refractivity contribution in [3.05, 3.63) is 0 Å². The Balaban J connectivity index is 3.43. The van der Waals surface area contributed by atoms with Gasteiger partial charge in [0.1, 0.15) is 0 Å². The van der Waals surface area contributed by atoms with Gasteiger partial charge in [-0.1, -0.05) is 6.92 Å². The molecule has 0 aliphatic rings. The number of nitrogens with one attached hydrogen (secondary N) is 1. The molecule has 0 radical (unpaired) electrons. The van der Waals surface area contributed by atoms with Crippen molar-refractivity contribution in [2.45, 2.75) is 18.6 Å². The summed E-state index contributed by atoms with van der Waals surface area (Å²) < 4.78 is 10.9. The van der Waals surface area contributed by atoms with E-state index in [1.165, 1.54) is 0 Å². The minimum absolute atomic E-state index is 0.0765. The Labute approximate surface area is 81.2 Å². The molecule has 0 aliphatic carbocycles. The number of hydrogen-bond donors (Lipinski definition) is 2. The molecule has 0 aromatic carbocycles. The quantitative estimate of drug-likeness (QED) is 0.635. The van der Waals surface area contributed by atoms with Crippen LogP contribution in [-0.4, -0.2) is 33.9 Å². The van der Waals surface area contributed by atoms with Gasteiger partial charge in [-0.25, -0.2) is 0 Å². The molecule has 2 unspecified atom stereocenters. The molecule has 1 amide bonds. The molecule has 0 spiro atoms. The zero-order valence-corrected chi connectivity index (χ0v) is 9.08.